The van der Waals surface area contributed by atoms with Gasteiger partial charge in [0.05, 0.1) is 12.3 Å². The monoisotopic (exact) mass is 208 g/mol. The van der Waals surface area contributed by atoms with E-state index in [1.165, 1.54) is 6.42 Å². The van der Waals surface area contributed by atoms with Gasteiger partial charge in [-0.1, -0.05) is 27.2 Å². The third-order valence-electron chi connectivity index (χ3n) is 2.36. The number of aromatic nitrogens is 2. The van der Waals surface area contributed by atoms with Crippen molar-refractivity contribution in [2.45, 2.75) is 40.5 Å². The number of rotatable bonds is 5. The molecule has 0 aliphatic heterocycles. The molecule has 0 radical (unpaired) electrons. The van der Waals surface area contributed by atoms with Crippen molar-refractivity contribution in [1.29, 1.82) is 0 Å². The number of aryl methyl sites for hydroxylation is 1. The summed E-state index contributed by atoms with van der Waals surface area (Å²) in [4.78, 5) is 8.30. The zero-order valence-corrected chi connectivity index (χ0v) is 10.1. The first kappa shape index (κ1) is 12.0. The molecule has 1 aromatic heterocycles. The van der Waals surface area contributed by atoms with E-state index in [9.17, 15) is 0 Å². The SMILES string of the molecule is CCCC(C)(C)COc1nccnc1C. The fraction of sp³-hybridized carbons (Fsp3) is 0.667. The number of ether oxygens (including phenoxy) is 1. The van der Waals surface area contributed by atoms with Gasteiger partial charge in [-0.05, 0) is 18.8 Å². The molecule has 1 heterocycles. The lowest BCUT2D eigenvalue weighted by Crippen LogP contribution is -2.21. The lowest BCUT2D eigenvalue weighted by atomic mass is 9.89. The molecule has 0 saturated heterocycles. The van der Waals surface area contributed by atoms with Gasteiger partial charge in [0.1, 0.15) is 0 Å². The van der Waals surface area contributed by atoms with Crippen molar-refractivity contribution in [2.75, 3.05) is 6.61 Å². The number of nitrogens with zero attached hydrogens (tertiary/aromatic N) is 2. The van der Waals surface area contributed by atoms with Crippen molar-refractivity contribution in [3.63, 3.8) is 0 Å². The lowest BCUT2D eigenvalue weighted by molar-refractivity contribution is 0.162. The predicted molar refractivity (Wildman–Crippen MR) is 61.0 cm³/mol. The van der Waals surface area contributed by atoms with Crippen molar-refractivity contribution in [1.82, 2.24) is 9.97 Å². The van der Waals surface area contributed by atoms with Crippen LogP contribution >= 0.6 is 0 Å². The highest BCUT2D eigenvalue weighted by Gasteiger charge is 2.18. The van der Waals surface area contributed by atoms with Crippen molar-refractivity contribution in [3.8, 4) is 5.88 Å². The number of hydrogen-bond acceptors (Lipinski definition) is 3. The maximum atomic E-state index is 5.68. The Morgan fingerprint density at radius 3 is 2.53 bits per heavy atom. The van der Waals surface area contributed by atoms with Crippen LogP contribution in [0.5, 0.6) is 5.88 Å². The topological polar surface area (TPSA) is 35.0 Å². The van der Waals surface area contributed by atoms with E-state index >= 15 is 0 Å². The normalized spacial score (nSPS) is 11.5. The highest BCUT2D eigenvalue weighted by molar-refractivity contribution is 5.14. The summed E-state index contributed by atoms with van der Waals surface area (Å²) in [6.07, 6.45) is 5.68. The smallest absolute Gasteiger partial charge is 0.235 e. The molecule has 0 unspecified atom stereocenters. The van der Waals surface area contributed by atoms with Crippen molar-refractivity contribution in [2.24, 2.45) is 5.41 Å². The van der Waals surface area contributed by atoms with Gasteiger partial charge in [-0.15, -0.1) is 0 Å². The molecule has 0 N–H and O–H groups in total. The summed E-state index contributed by atoms with van der Waals surface area (Å²) in [6.45, 7) is 9.22. The largest absolute Gasteiger partial charge is 0.476 e. The van der Waals surface area contributed by atoms with Crippen LogP contribution in [-0.2, 0) is 0 Å². The minimum absolute atomic E-state index is 0.207. The van der Waals surface area contributed by atoms with Crippen LogP contribution in [0.4, 0.5) is 0 Å². The molecule has 0 saturated carbocycles. The average Bonchev–Trinajstić information content (AvgIpc) is 2.16. The van der Waals surface area contributed by atoms with Gasteiger partial charge in [0.2, 0.25) is 5.88 Å². The molecule has 1 aromatic rings. The number of hydrogen-bond donors (Lipinski definition) is 0. The van der Waals surface area contributed by atoms with Crippen molar-refractivity contribution < 1.29 is 4.74 Å². The van der Waals surface area contributed by atoms with E-state index in [0.717, 1.165) is 12.1 Å². The van der Waals surface area contributed by atoms with Crippen molar-refractivity contribution >= 4 is 0 Å². The fourth-order valence-electron chi connectivity index (χ4n) is 1.55. The van der Waals surface area contributed by atoms with Gasteiger partial charge in [0.25, 0.3) is 0 Å². The molecule has 3 heteroatoms. The van der Waals surface area contributed by atoms with E-state index in [4.69, 9.17) is 4.74 Å². The Balaban J connectivity index is 2.53. The van der Waals surface area contributed by atoms with Crippen LogP contribution in [0.1, 0.15) is 39.3 Å². The van der Waals surface area contributed by atoms with Crippen LogP contribution in [-0.4, -0.2) is 16.6 Å². The second kappa shape index (κ2) is 5.10. The molecule has 0 aliphatic rings. The second-order valence-electron chi connectivity index (χ2n) is 4.65. The van der Waals surface area contributed by atoms with Gasteiger partial charge < -0.3 is 4.74 Å². The summed E-state index contributed by atoms with van der Waals surface area (Å²) in [5, 5.41) is 0. The zero-order valence-electron chi connectivity index (χ0n) is 10.1. The highest BCUT2D eigenvalue weighted by Crippen LogP contribution is 2.23. The zero-order chi connectivity index (χ0) is 11.3. The lowest BCUT2D eigenvalue weighted by Gasteiger charge is -2.23. The van der Waals surface area contributed by atoms with E-state index in [1.54, 1.807) is 12.4 Å². The quantitative estimate of drug-likeness (QED) is 0.746. The Morgan fingerprint density at radius 1 is 1.27 bits per heavy atom. The fourth-order valence-corrected chi connectivity index (χ4v) is 1.55. The van der Waals surface area contributed by atoms with Gasteiger partial charge in [0, 0.05) is 12.4 Å². The van der Waals surface area contributed by atoms with Gasteiger partial charge in [-0.25, -0.2) is 4.98 Å². The summed E-state index contributed by atoms with van der Waals surface area (Å²) in [5.74, 6) is 0.654. The molecule has 0 aliphatic carbocycles. The van der Waals surface area contributed by atoms with Crippen LogP contribution < -0.4 is 4.74 Å². The predicted octanol–water partition coefficient (Wildman–Crippen LogP) is 2.99. The minimum Gasteiger partial charge on any atom is -0.476 e. The first-order chi connectivity index (χ1) is 7.05. The summed E-state index contributed by atoms with van der Waals surface area (Å²) in [5.41, 5.74) is 1.06. The van der Waals surface area contributed by atoms with Gasteiger partial charge >= 0.3 is 0 Å². The maximum absolute atomic E-state index is 5.68. The van der Waals surface area contributed by atoms with E-state index in [1.807, 2.05) is 6.92 Å². The van der Waals surface area contributed by atoms with Crippen LogP contribution in [0.3, 0.4) is 0 Å². The van der Waals surface area contributed by atoms with Crippen LogP contribution in [0.25, 0.3) is 0 Å². The molecular weight excluding hydrogens is 188 g/mol. The second-order valence-corrected chi connectivity index (χ2v) is 4.65. The van der Waals surface area contributed by atoms with E-state index in [0.29, 0.717) is 12.5 Å². The summed E-state index contributed by atoms with van der Waals surface area (Å²) < 4.78 is 5.68. The summed E-state index contributed by atoms with van der Waals surface area (Å²) in [7, 11) is 0. The molecule has 3 nitrogen and oxygen atoms in total. The third kappa shape index (κ3) is 3.86. The Labute approximate surface area is 91.9 Å². The summed E-state index contributed by atoms with van der Waals surface area (Å²) >= 11 is 0. The molecule has 0 bridgehead atoms. The average molecular weight is 208 g/mol. The van der Waals surface area contributed by atoms with Gasteiger partial charge in [0.15, 0.2) is 0 Å². The molecule has 0 fully saturated rings. The van der Waals surface area contributed by atoms with E-state index < -0.39 is 0 Å². The molecule has 84 valence electrons. The third-order valence-corrected chi connectivity index (χ3v) is 2.36. The molecule has 1 rings (SSSR count). The molecule has 0 aromatic carbocycles. The Morgan fingerprint density at radius 2 is 1.93 bits per heavy atom. The Hall–Kier alpha value is -1.12. The first-order valence-electron chi connectivity index (χ1n) is 5.45. The van der Waals surface area contributed by atoms with Crippen LogP contribution in [0.15, 0.2) is 12.4 Å². The van der Waals surface area contributed by atoms with Crippen molar-refractivity contribution in [3.05, 3.63) is 18.1 Å². The maximum Gasteiger partial charge on any atom is 0.235 e. The summed E-state index contributed by atoms with van der Waals surface area (Å²) in [6, 6.07) is 0. The minimum atomic E-state index is 0.207. The van der Waals surface area contributed by atoms with Gasteiger partial charge in [-0.3, -0.25) is 4.98 Å². The van der Waals surface area contributed by atoms with E-state index in [2.05, 4.69) is 30.7 Å². The standard InChI is InChI=1S/C12H20N2O/c1-5-6-12(3,4)9-15-11-10(2)13-7-8-14-11/h7-8H,5-6,9H2,1-4H3. The molecule has 15 heavy (non-hydrogen) atoms. The Bertz CT molecular complexity index is 310. The Kier molecular flexibility index (Phi) is 4.06. The molecule has 0 atom stereocenters. The molecule has 0 amide bonds. The van der Waals surface area contributed by atoms with E-state index in [-0.39, 0.29) is 5.41 Å². The van der Waals surface area contributed by atoms with Crippen LogP contribution in [0.2, 0.25) is 0 Å². The molecular formula is C12H20N2O. The highest BCUT2D eigenvalue weighted by atomic mass is 16.5. The van der Waals surface area contributed by atoms with Crippen LogP contribution in [0, 0.1) is 12.3 Å². The van der Waals surface area contributed by atoms with Gasteiger partial charge in [-0.2, -0.15) is 0 Å². The first-order valence-corrected chi connectivity index (χ1v) is 5.45. The molecule has 0 spiro atoms.